The summed E-state index contributed by atoms with van der Waals surface area (Å²) >= 11 is 5.71. The molecular formula is C30H25ClN4O7. The van der Waals surface area contributed by atoms with Gasteiger partial charge in [0.05, 0.1) is 9.85 Å². The number of benzene rings is 3. The minimum atomic E-state index is -0.965. The molecule has 0 aromatic heterocycles. The fourth-order valence-corrected chi connectivity index (χ4v) is 4.56. The molecule has 214 valence electrons. The van der Waals surface area contributed by atoms with E-state index in [9.17, 15) is 34.6 Å². The maximum atomic E-state index is 13.8. The van der Waals surface area contributed by atoms with Gasteiger partial charge in [-0.25, -0.2) is 0 Å². The van der Waals surface area contributed by atoms with Gasteiger partial charge in [0.2, 0.25) is 11.8 Å². The van der Waals surface area contributed by atoms with Crippen molar-refractivity contribution in [3.63, 3.8) is 0 Å². The van der Waals surface area contributed by atoms with Gasteiger partial charge >= 0.3 is 0 Å². The molecule has 0 saturated carbocycles. The van der Waals surface area contributed by atoms with Gasteiger partial charge in [-0.1, -0.05) is 30.3 Å². The quantitative estimate of drug-likeness (QED) is 0.169. The van der Waals surface area contributed by atoms with E-state index in [4.69, 9.17) is 11.6 Å². The van der Waals surface area contributed by atoms with Crippen LogP contribution in [0.2, 0.25) is 0 Å². The molecule has 4 rings (SSSR count). The largest absolute Gasteiger partial charge is 0.343 e. The summed E-state index contributed by atoms with van der Waals surface area (Å²) in [6.45, 7) is -0.150. The third kappa shape index (κ3) is 7.52. The van der Waals surface area contributed by atoms with Crippen LogP contribution in [-0.4, -0.2) is 57.4 Å². The molecule has 3 aromatic rings. The molecule has 11 nitrogen and oxygen atoms in total. The highest BCUT2D eigenvalue weighted by Gasteiger charge is 2.33. The van der Waals surface area contributed by atoms with Gasteiger partial charge < -0.3 is 10.2 Å². The van der Waals surface area contributed by atoms with E-state index in [1.165, 1.54) is 53.4 Å². The second-order valence-corrected chi connectivity index (χ2v) is 9.77. The smallest absolute Gasteiger partial charge is 0.269 e. The van der Waals surface area contributed by atoms with Crippen LogP contribution in [0.1, 0.15) is 16.7 Å². The van der Waals surface area contributed by atoms with E-state index in [0.29, 0.717) is 11.1 Å². The number of Topliss-reactive ketones (excluding diaryl/α,β-unsaturated/α-hetero) is 1. The summed E-state index contributed by atoms with van der Waals surface area (Å²) in [6.07, 6.45) is 3.30. The van der Waals surface area contributed by atoms with Crippen molar-refractivity contribution in [3.8, 4) is 0 Å². The Hall–Kier alpha value is -5.16. The first-order valence-corrected chi connectivity index (χ1v) is 13.3. The van der Waals surface area contributed by atoms with Crippen molar-refractivity contribution in [2.45, 2.75) is 12.5 Å². The molecule has 1 aliphatic rings. The molecule has 1 aliphatic heterocycles. The van der Waals surface area contributed by atoms with Gasteiger partial charge in [-0.15, -0.1) is 11.6 Å². The number of hydrogen-bond acceptors (Lipinski definition) is 7. The number of nitro groups is 2. The second kappa shape index (κ2) is 13.5. The summed E-state index contributed by atoms with van der Waals surface area (Å²) in [6, 6.07) is 19.4. The minimum absolute atomic E-state index is 0.0751. The molecule has 1 heterocycles. The first-order chi connectivity index (χ1) is 20.1. The van der Waals surface area contributed by atoms with Crippen LogP contribution in [0.5, 0.6) is 0 Å². The number of amides is 2. The third-order valence-electron chi connectivity index (χ3n) is 6.54. The van der Waals surface area contributed by atoms with Crippen LogP contribution in [0.15, 0.2) is 90.0 Å². The number of carbonyl (C=O) groups is 3. The highest BCUT2D eigenvalue weighted by atomic mass is 35.5. The van der Waals surface area contributed by atoms with Gasteiger partial charge in [-0.05, 0) is 53.1 Å². The lowest BCUT2D eigenvalue weighted by Gasteiger charge is -2.33. The average Bonchev–Trinajstić information content (AvgIpc) is 2.99. The zero-order chi connectivity index (χ0) is 30.2. The predicted octanol–water partition coefficient (Wildman–Crippen LogP) is 4.35. The molecule has 0 radical (unpaired) electrons. The summed E-state index contributed by atoms with van der Waals surface area (Å²) < 4.78 is 0. The van der Waals surface area contributed by atoms with Crippen molar-refractivity contribution in [2.24, 2.45) is 0 Å². The molecule has 1 saturated heterocycles. The molecule has 12 heteroatoms. The topological polar surface area (TPSA) is 153 Å². The molecule has 1 fully saturated rings. The molecular weight excluding hydrogens is 564 g/mol. The predicted molar refractivity (Wildman–Crippen MR) is 157 cm³/mol. The molecule has 0 spiro atoms. The molecule has 42 heavy (non-hydrogen) atoms. The Labute approximate surface area is 245 Å². The van der Waals surface area contributed by atoms with Gasteiger partial charge in [0.15, 0.2) is 5.78 Å². The number of non-ortho nitro benzene ring substituents is 2. The number of alkyl halides is 1. The lowest BCUT2D eigenvalue weighted by atomic mass is 9.93. The minimum Gasteiger partial charge on any atom is -0.343 e. The van der Waals surface area contributed by atoms with Crippen molar-refractivity contribution >= 4 is 52.7 Å². The van der Waals surface area contributed by atoms with E-state index in [0.717, 1.165) is 5.56 Å². The average molecular weight is 589 g/mol. The van der Waals surface area contributed by atoms with Crippen molar-refractivity contribution in [1.82, 2.24) is 10.2 Å². The maximum Gasteiger partial charge on any atom is 0.269 e. The highest BCUT2D eigenvalue weighted by molar-refractivity contribution is 6.27. The molecule has 0 aliphatic carbocycles. The first kappa shape index (κ1) is 29.8. The molecule has 1 N–H and O–H groups in total. The van der Waals surface area contributed by atoms with Crippen molar-refractivity contribution < 1.29 is 24.2 Å². The van der Waals surface area contributed by atoms with Crippen molar-refractivity contribution in [1.29, 1.82) is 0 Å². The Bertz CT molecular complexity index is 1490. The maximum absolute atomic E-state index is 13.8. The number of piperidine rings is 1. The molecule has 3 aromatic carbocycles. The van der Waals surface area contributed by atoms with Gasteiger partial charge in [0, 0.05) is 54.9 Å². The first-order valence-electron chi connectivity index (χ1n) is 12.8. The summed E-state index contributed by atoms with van der Waals surface area (Å²) in [7, 11) is 0. The highest BCUT2D eigenvalue weighted by Crippen LogP contribution is 2.25. The Morgan fingerprint density at radius 3 is 1.74 bits per heavy atom. The number of nitro benzene ring substituents is 2. The van der Waals surface area contributed by atoms with E-state index < -0.39 is 27.7 Å². The standard InChI is InChI=1S/C30H25ClN4O7/c31-17-28(36)32-27(16-20-4-2-1-3-5-20)30(38)33-18-23(14-21-6-10-25(11-7-21)34(39)40)29(37)24(19-33)15-22-8-12-26(13-9-22)35(41)42/h1-15,27H,16-19H2,(H,32,36)/t27-/m0/s1. The number of halogens is 1. The van der Waals surface area contributed by atoms with Gasteiger partial charge in [0.1, 0.15) is 11.9 Å². The number of nitrogens with one attached hydrogen (secondary N) is 1. The third-order valence-corrected chi connectivity index (χ3v) is 6.79. The molecule has 1 atom stereocenters. The van der Waals surface area contributed by atoms with E-state index in [2.05, 4.69) is 5.32 Å². The zero-order valence-electron chi connectivity index (χ0n) is 22.1. The lowest BCUT2D eigenvalue weighted by molar-refractivity contribution is -0.385. The Morgan fingerprint density at radius 2 is 1.31 bits per heavy atom. The van der Waals surface area contributed by atoms with E-state index >= 15 is 0 Å². The fourth-order valence-electron chi connectivity index (χ4n) is 4.49. The lowest BCUT2D eigenvalue weighted by Crippen LogP contribution is -2.53. The number of likely N-dealkylation sites (tertiary alicyclic amines) is 1. The summed E-state index contributed by atoms with van der Waals surface area (Å²) in [5.41, 5.74) is 2.12. The number of hydrogen-bond donors (Lipinski definition) is 1. The van der Waals surface area contributed by atoms with Gasteiger partial charge in [-0.3, -0.25) is 34.6 Å². The molecule has 2 amide bonds. The number of rotatable bonds is 9. The number of carbonyl (C=O) groups excluding carboxylic acids is 3. The van der Waals surface area contributed by atoms with Crippen LogP contribution in [0.4, 0.5) is 11.4 Å². The summed E-state index contributed by atoms with van der Waals surface area (Å²) in [5, 5.41) is 24.8. The van der Waals surface area contributed by atoms with E-state index in [1.807, 2.05) is 30.3 Å². The van der Waals surface area contributed by atoms with Crippen LogP contribution in [0, 0.1) is 20.2 Å². The molecule has 0 unspecified atom stereocenters. The normalized spacial score (nSPS) is 15.8. The Morgan fingerprint density at radius 1 is 0.833 bits per heavy atom. The monoisotopic (exact) mass is 588 g/mol. The van der Waals surface area contributed by atoms with Crippen LogP contribution >= 0.6 is 11.6 Å². The summed E-state index contributed by atoms with van der Waals surface area (Å²) in [5.74, 6) is -1.65. The van der Waals surface area contributed by atoms with Gasteiger partial charge in [-0.2, -0.15) is 0 Å². The van der Waals surface area contributed by atoms with Crippen LogP contribution in [0.3, 0.4) is 0 Å². The number of ketones is 1. The fraction of sp³-hybridized carbons (Fsp3) is 0.167. The molecule has 0 bridgehead atoms. The van der Waals surface area contributed by atoms with Crippen LogP contribution < -0.4 is 5.32 Å². The second-order valence-electron chi connectivity index (χ2n) is 9.50. The van der Waals surface area contributed by atoms with Crippen molar-refractivity contribution in [2.75, 3.05) is 19.0 Å². The Balaban J connectivity index is 1.71. The van der Waals surface area contributed by atoms with Crippen molar-refractivity contribution in [3.05, 3.63) is 127 Å². The van der Waals surface area contributed by atoms with E-state index in [1.54, 1.807) is 12.2 Å². The Kier molecular flexibility index (Phi) is 9.56. The van der Waals surface area contributed by atoms with Crippen LogP contribution in [0.25, 0.3) is 12.2 Å². The number of nitrogens with zero attached hydrogens (tertiary/aromatic N) is 3. The zero-order valence-corrected chi connectivity index (χ0v) is 22.9. The van der Waals surface area contributed by atoms with Crippen LogP contribution in [-0.2, 0) is 20.8 Å². The van der Waals surface area contributed by atoms with E-state index in [-0.39, 0.29) is 53.7 Å². The summed E-state index contributed by atoms with van der Waals surface area (Å²) in [4.78, 5) is 62.1. The van der Waals surface area contributed by atoms with Gasteiger partial charge in [0.25, 0.3) is 11.4 Å². The SMILES string of the molecule is O=C(CCl)N[C@@H](Cc1ccccc1)C(=O)N1CC(=Cc2ccc([N+](=O)[O-])cc2)C(=O)C(=Cc2ccc([N+](=O)[O-])cc2)C1.